The topological polar surface area (TPSA) is 36.5 Å². The Kier molecular flexibility index (Phi) is 4.80. The van der Waals surface area contributed by atoms with Crippen molar-refractivity contribution in [3.05, 3.63) is 0 Å². The molecule has 0 aromatic rings. The van der Waals surface area contributed by atoms with Crippen molar-refractivity contribution in [2.24, 2.45) is 0 Å². The van der Waals surface area contributed by atoms with E-state index in [4.69, 9.17) is 4.74 Å². The van der Waals surface area contributed by atoms with Gasteiger partial charge in [-0.25, -0.2) is 0 Å². The molecule has 2 saturated heterocycles. The molecule has 0 aliphatic carbocycles. The van der Waals surface area contributed by atoms with Gasteiger partial charge in [0.05, 0.1) is 6.10 Å². The van der Waals surface area contributed by atoms with Crippen molar-refractivity contribution in [1.82, 2.24) is 15.5 Å². The maximum absolute atomic E-state index is 5.91. The smallest absolute Gasteiger partial charge is 0.0866 e. The average molecular weight is 283 g/mol. The van der Waals surface area contributed by atoms with Gasteiger partial charge in [0.25, 0.3) is 0 Å². The molecule has 0 aromatic carbocycles. The summed E-state index contributed by atoms with van der Waals surface area (Å²) in [5.74, 6) is 0. The van der Waals surface area contributed by atoms with Crippen molar-refractivity contribution in [3.8, 4) is 0 Å². The Morgan fingerprint density at radius 2 is 1.75 bits per heavy atom. The molecule has 2 rings (SSSR count). The summed E-state index contributed by atoms with van der Waals surface area (Å²) in [6.45, 7) is 14.3. The van der Waals surface area contributed by atoms with Gasteiger partial charge in [0.1, 0.15) is 0 Å². The van der Waals surface area contributed by atoms with Crippen LogP contribution < -0.4 is 10.6 Å². The van der Waals surface area contributed by atoms with Gasteiger partial charge in [-0.1, -0.05) is 0 Å². The molecule has 4 heteroatoms. The van der Waals surface area contributed by atoms with Gasteiger partial charge in [0.2, 0.25) is 0 Å². The fourth-order valence-electron chi connectivity index (χ4n) is 4.25. The molecule has 0 aromatic heterocycles. The van der Waals surface area contributed by atoms with E-state index < -0.39 is 0 Å². The van der Waals surface area contributed by atoms with Gasteiger partial charge in [-0.3, -0.25) is 0 Å². The van der Waals surface area contributed by atoms with Crippen LogP contribution in [-0.2, 0) is 4.74 Å². The summed E-state index contributed by atoms with van der Waals surface area (Å²) in [6, 6.07) is 1.04. The molecule has 2 aliphatic rings. The van der Waals surface area contributed by atoms with Crippen molar-refractivity contribution in [2.75, 3.05) is 26.7 Å². The van der Waals surface area contributed by atoms with Gasteiger partial charge in [-0.2, -0.15) is 0 Å². The second kappa shape index (κ2) is 5.91. The van der Waals surface area contributed by atoms with E-state index >= 15 is 0 Å². The highest BCUT2D eigenvalue weighted by atomic mass is 16.5. The lowest BCUT2D eigenvalue weighted by atomic mass is 9.79. The number of hydrogen-bond donors (Lipinski definition) is 2. The molecular weight excluding hydrogens is 250 g/mol. The first-order valence-electron chi connectivity index (χ1n) is 8.06. The van der Waals surface area contributed by atoms with Gasteiger partial charge in [-0.05, 0) is 54.5 Å². The normalized spacial score (nSPS) is 34.5. The van der Waals surface area contributed by atoms with Crippen LogP contribution in [0.4, 0.5) is 0 Å². The molecule has 0 bridgehead atoms. The third-order valence-corrected chi connectivity index (χ3v) is 4.47. The molecule has 0 radical (unpaired) electrons. The van der Waals surface area contributed by atoms with E-state index in [2.05, 4.69) is 57.2 Å². The number of nitrogens with zero attached hydrogens (tertiary/aromatic N) is 1. The Labute approximate surface area is 124 Å². The first-order chi connectivity index (χ1) is 9.21. The third kappa shape index (κ3) is 4.17. The number of likely N-dealkylation sites (tertiary alicyclic amines) is 1. The summed E-state index contributed by atoms with van der Waals surface area (Å²) < 4.78 is 5.91. The Morgan fingerprint density at radius 1 is 1.15 bits per heavy atom. The molecule has 20 heavy (non-hydrogen) atoms. The van der Waals surface area contributed by atoms with Crippen LogP contribution in [0.3, 0.4) is 0 Å². The molecule has 2 aliphatic heterocycles. The number of rotatable bonds is 4. The minimum atomic E-state index is 0.199. The van der Waals surface area contributed by atoms with Crippen molar-refractivity contribution in [1.29, 1.82) is 0 Å². The van der Waals surface area contributed by atoms with Crippen LogP contribution in [0.2, 0.25) is 0 Å². The van der Waals surface area contributed by atoms with Crippen LogP contribution in [0, 0.1) is 0 Å². The number of hydrogen-bond acceptors (Lipinski definition) is 4. The summed E-state index contributed by atoms with van der Waals surface area (Å²) in [6.07, 6.45) is 2.69. The van der Waals surface area contributed by atoms with E-state index in [0.29, 0.717) is 18.2 Å². The quantitative estimate of drug-likeness (QED) is 0.822. The zero-order valence-electron chi connectivity index (χ0n) is 14.1. The molecule has 0 saturated carbocycles. The first kappa shape index (κ1) is 16.2. The molecule has 2 heterocycles. The zero-order chi connectivity index (χ0) is 15.0. The van der Waals surface area contributed by atoms with E-state index in [9.17, 15) is 0 Å². The molecule has 2 atom stereocenters. The molecule has 0 amide bonds. The summed E-state index contributed by atoms with van der Waals surface area (Å²) in [7, 11) is 2.18. The molecule has 2 N–H and O–H groups in total. The van der Waals surface area contributed by atoms with Crippen molar-refractivity contribution in [2.45, 2.75) is 76.7 Å². The van der Waals surface area contributed by atoms with Crippen LogP contribution in [0.25, 0.3) is 0 Å². The maximum atomic E-state index is 5.91. The zero-order valence-corrected chi connectivity index (χ0v) is 14.1. The number of ether oxygens (including phenoxy) is 1. The van der Waals surface area contributed by atoms with Crippen molar-refractivity contribution < 1.29 is 4.74 Å². The molecule has 0 unspecified atom stereocenters. The summed E-state index contributed by atoms with van der Waals surface area (Å²) >= 11 is 0. The molecule has 118 valence electrons. The lowest BCUT2D eigenvalue weighted by molar-refractivity contribution is 0.0450. The Balaban J connectivity index is 1.98. The van der Waals surface area contributed by atoms with Gasteiger partial charge in [0, 0.05) is 42.9 Å². The first-order valence-corrected chi connectivity index (χ1v) is 8.06. The molecule has 2 fully saturated rings. The fraction of sp³-hybridized carbons (Fsp3) is 1.00. The molecular formula is C16H33N3O. The maximum Gasteiger partial charge on any atom is 0.0866 e. The highest BCUT2D eigenvalue weighted by molar-refractivity contribution is 5.02. The van der Waals surface area contributed by atoms with Gasteiger partial charge < -0.3 is 20.3 Å². The predicted octanol–water partition coefficient (Wildman–Crippen LogP) is 1.60. The summed E-state index contributed by atoms with van der Waals surface area (Å²) in [5, 5.41) is 7.64. The van der Waals surface area contributed by atoms with Gasteiger partial charge >= 0.3 is 0 Å². The summed E-state index contributed by atoms with van der Waals surface area (Å²) in [4.78, 5) is 2.37. The highest BCUT2D eigenvalue weighted by Gasteiger charge is 2.40. The fourth-order valence-corrected chi connectivity index (χ4v) is 4.25. The molecule has 0 spiro atoms. The van der Waals surface area contributed by atoms with Crippen LogP contribution in [0.5, 0.6) is 0 Å². The number of nitrogens with one attached hydrogen (secondary N) is 2. The minimum absolute atomic E-state index is 0.199. The monoisotopic (exact) mass is 283 g/mol. The van der Waals surface area contributed by atoms with Crippen LogP contribution >= 0.6 is 0 Å². The van der Waals surface area contributed by atoms with E-state index in [1.54, 1.807) is 0 Å². The van der Waals surface area contributed by atoms with Crippen molar-refractivity contribution in [3.63, 3.8) is 0 Å². The summed E-state index contributed by atoms with van der Waals surface area (Å²) in [5.41, 5.74) is 0.399. The second-order valence-corrected chi connectivity index (χ2v) is 7.99. The third-order valence-electron chi connectivity index (χ3n) is 4.47. The predicted molar refractivity (Wildman–Crippen MR) is 84.2 cm³/mol. The Bertz CT molecular complexity index is 314. The molecule has 4 nitrogen and oxygen atoms in total. The number of likely N-dealkylation sites (N-methyl/N-ethyl adjacent to an activating group) is 1. The van der Waals surface area contributed by atoms with Crippen molar-refractivity contribution >= 4 is 0 Å². The van der Waals surface area contributed by atoms with Crippen LogP contribution in [-0.4, -0.2) is 60.9 Å². The van der Waals surface area contributed by atoms with Gasteiger partial charge in [0.15, 0.2) is 0 Å². The standard InChI is InChI=1S/C16H33N3O/c1-7-20-14-11-19(6)10-13(14)17-12-8-15(2,3)18-16(4,5)9-12/h12-14,17-18H,7-11H2,1-6H3/t13-,14-/m0/s1. The minimum Gasteiger partial charge on any atom is -0.375 e. The average Bonchev–Trinajstić information content (AvgIpc) is 2.54. The Morgan fingerprint density at radius 3 is 2.30 bits per heavy atom. The number of piperidine rings is 1. The second-order valence-electron chi connectivity index (χ2n) is 7.99. The lowest BCUT2D eigenvalue weighted by Crippen LogP contribution is -2.63. The SMILES string of the molecule is CCO[C@H]1CN(C)C[C@@H]1NC1CC(C)(C)NC(C)(C)C1. The van der Waals surface area contributed by atoms with E-state index in [1.165, 1.54) is 12.8 Å². The van der Waals surface area contributed by atoms with E-state index in [1.807, 2.05) is 0 Å². The highest BCUT2D eigenvalue weighted by Crippen LogP contribution is 2.29. The Hall–Kier alpha value is -0.160. The van der Waals surface area contributed by atoms with E-state index in [-0.39, 0.29) is 11.1 Å². The van der Waals surface area contributed by atoms with Gasteiger partial charge in [-0.15, -0.1) is 0 Å². The largest absolute Gasteiger partial charge is 0.375 e. The lowest BCUT2D eigenvalue weighted by Gasteiger charge is -2.47. The van der Waals surface area contributed by atoms with Crippen LogP contribution in [0.15, 0.2) is 0 Å². The van der Waals surface area contributed by atoms with Crippen LogP contribution in [0.1, 0.15) is 47.5 Å². The van der Waals surface area contributed by atoms with E-state index in [0.717, 1.165) is 19.7 Å².